The molecule has 2 heteroatoms. The van der Waals surface area contributed by atoms with Crippen LogP contribution in [0.15, 0.2) is 40.6 Å². The van der Waals surface area contributed by atoms with Crippen molar-refractivity contribution in [2.24, 2.45) is 4.99 Å². The second-order valence-corrected chi connectivity index (χ2v) is 2.59. The average molecular weight is 146 g/mol. The zero-order valence-corrected chi connectivity index (χ0v) is 6.25. The van der Waals surface area contributed by atoms with Crippen LogP contribution in [0.3, 0.4) is 0 Å². The minimum absolute atomic E-state index is 0.809. The van der Waals surface area contributed by atoms with Crippen molar-refractivity contribution in [2.45, 2.75) is 6.42 Å². The fourth-order valence-corrected chi connectivity index (χ4v) is 1.21. The van der Waals surface area contributed by atoms with Gasteiger partial charge in [0.15, 0.2) is 0 Å². The van der Waals surface area contributed by atoms with E-state index in [2.05, 4.69) is 34.6 Å². The van der Waals surface area contributed by atoms with Crippen molar-refractivity contribution < 1.29 is 0 Å². The average Bonchev–Trinajstić information content (AvgIpc) is 2.28. The van der Waals surface area contributed by atoms with Crippen LogP contribution < -0.4 is 5.32 Å². The van der Waals surface area contributed by atoms with Gasteiger partial charge in [0.25, 0.3) is 0 Å². The molecule has 0 saturated heterocycles. The van der Waals surface area contributed by atoms with Crippen molar-refractivity contribution in [3.63, 3.8) is 0 Å². The molecule has 1 aliphatic carbocycles. The van der Waals surface area contributed by atoms with E-state index in [9.17, 15) is 0 Å². The maximum atomic E-state index is 4.12. The summed E-state index contributed by atoms with van der Waals surface area (Å²) in [5.41, 5.74) is 2.47. The van der Waals surface area contributed by atoms with Crippen molar-refractivity contribution in [3.05, 3.63) is 35.6 Å². The summed E-state index contributed by atoms with van der Waals surface area (Å²) < 4.78 is 0. The Morgan fingerprint density at radius 3 is 3.18 bits per heavy atom. The lowest BCUT2D eigenvalue weighted by Gasteiger charge is -2.10. The van der Waals surface area contributed by atoms with Crippen LogP contribution in [-0.2, 0) is 0 Å². The zero-order valence-electron chi connectivity index (χ0n) is 6.25. The highest BCUT2D eigenvalue weighted by Crippen LogP contribution is 2.12. The first-order chi connectivity index (χ1) is 5.47. The number of hydrogen-bond donors (Lipinski definition) is 1. The molecule has 2 nitrogen and oxygen atoms in total. The molecule has 0 spiro atoms. The van der Waals surface area contributed by atoms with Crippen LogP contribution in [0, 0.1) is 0 Å². The molecule has 2 rings (SSSR count). The van der Waals surface area contributed by atoms with E-state index in [1.807, 2.05) is 0 Å². The normalized spacial score (nSPS) is 21.1. The molecule has 2 aliphatic rings. The number of nitrogens with one attached hydrogen (secondary N) is 1. The molecule has 0 aromatic rings. The highest BCUT2D eigenvalue weighted by Gasteiger charge is 2.04. The summed E-state index contributed by atoms with van der Waals surface area (Å²) in [5, 5.41) is 3.11. The molecule has 11 heavy (non-hydrogen) atoms. The summed E-state index contributed by atoms with van der Waals surface area (Å²) in [6, 6.07) is 0. The van der Waals surface area contributed by atoms with Crippen molar-refractivity contribution in [3.8, 4) is 0 Å². The predicted molar refractivity (Wildman–Crippen MR) is 46.4 cm³/mol. The standard InChI is InChI=1S/C9H10N2/c1-2-4-8-6-10-7-11-9(8)5-3-1/h2-5,7H,1,6H2,(H,10,11). The monoisotopic (exact) mass is 146 g/mol. The summed E-state index contributed by atoms with van der Waals surface area (Å²) in [4.78, 5) is 4.12. The summed E-state index contributed by atoms with van der Waals surface area (Å²) in [5.74, 6) is 0. The number of rotatable bonds is 0. The molecule has 0 amide bonds. The van der Waals surface area contributed by atoms with Crippen LogP contribution in [-0.4, -0.2) is 12.9 Å². The van der Waals surface area contributed by atoms with Gasteiger partial charge in [0.2, 0.25) is 0 Å². The molecule has 1 aliphatic heterocycles. The second kappa shape index (κ2) is 2.74. The Balaban J connectivity index is 2.33. The Morgan fingerprint density at radius 2 is 2.18 bits per heavy atom. The number of allylic oxidation sites excluding steroid dienone is 3. The Bertz CT molecular complexity index is 243. The van der Waals surface area contributed by atoms with E-state index in [1.165, 1.54) is 11.3 Å². The molecule has 0 unspecified atom stereocenters. The van der Waals surface area contributed by atoms with Crippen molar-refractivity contribution in [2.75, 3.05) is 6.54 Å². The van der Waals surface area contributed by atoms with Gasteiger partial charge in [-0.2, -0.15) is 0 Å². The van der Waals surface area contributed by atoms with Crippen LogP contribution in [0.25, 0.3) is 0 Å². The largest absolute Gasteiger partial charge is 0.346 e. The molecule has 0 aromatic heterocycles. The summed E-state index contributed by atoms with van der Waals surface area (Å²) in [6.45, 7) is 0.809. The van der Waals surface area contributed by atoms with Crippen LogP contribution in [0.1, 0.15) is 6.42 Å². The Hall–Kier alpha value is -1.31. The van der Waals surface area contributed by atoms with Gasteiger partial charge in [0.05, 0.1) is 12.9 Å². The molecule has 56 valence electrons. The molecule has 1 N–H and O–H groups in total. The van der Waals surface area contributed by atoms with Crippen LogP contribution >= 0.6 is 0 Å². The highest BCUT2D eigenvalue weighted by atomic mass is 15.0. The highest BCUT2D eigenvalue weighted by molar-refractivity contribution is 5.63. The molecule has 1 heterocycles. The van der Waals surface area contributed by atoms with Crippen LogP contribution in [0.2, 0.25) is 0 Å². The summed E-state index contributed by atoms with van der Waals surface area (Å²) in [6.07, 6.45) is 11.3. The lowest BCUT2D eigenvalue weighted by molar-refractivity contribution is 1.04. The van der Waals surface area contributed by atoms with Gasteiger partial charge < -0.3 is 5.32 Å². The third-order valence-electron chi connectivity index (χ3n) is 1.79. The van der Waals surface area contributed by atoms with E-state index in [4.69, 9.17) is 0 Å². The number of nitrogens with zero attached hydrogens (tertiary/aromatic N) is 1. The van der Waals surface area contributed by atoms with Crippen molar-refractivity contribution in [1.82, 2.24) is 5.32 Å². The fourth-order valence-electron chi connectivity index (χ4n) is 1.21. The Labute approximate surface area is 66.0 Å². The van der Waals surface area contributed by atoms with Gasteiger partial charge in [-0.3, -0.25) is 4.99 Å². The molecule has 0 fully saturated rings. The third kappa shape index (κ3) is 1.24. The van der Waals surface area contributed by atoms with Gasteiger partial charge >= 0.3 is 0 Å². The van der Waals surface area contributed by atoms with Gasteiger partial charge in [-0.15, -0.1) is 0 Å². The fraction of sp³-hybridized carbons (Fsp3) is 0.222. The lowest BCUT2D eigenvalue weighted by Crippen LogP contribution is -2.16. The summed E-state index contributed by atoms with van der Waals surface area (Å²) in [7, 11) is 0. The molecular weight excluding hydrogens is 136 g/mol. The Morgan fingerprint density at radius 1 is 1.27 bits per heavy atom. The zero-order chi connectivity index (χ0) is 7.52. The predicted octanol–water partition coefficient (Wildman–Crippen LogP) is 1.39. The molecule has 0 bridgehead atoms. The van der Waals surface area contributed by atoms with Gasteiger partial charge in [-0.1, -0.05) is 18.2 Å². The number of aliphatic imine (C=N–C) groups is 1. The van der Waals surface area contributed by atoms with Crippen molar-refractivity contribution in [1.29, 1.82) is 0 Å². The lowest BCUT2D eigenvalue weighted by atomic mass is 10.2. The first-order valence-electron chi connectivity index (χ1n) is 3.78. The SMILES string of the molecule is C1=CC2=C(C=CC1)NC=NC2. The maximum absolute atomic E-state index is 4.12. The van der Waals surface area contributed by atoms with Crippen molar-refractivity contribution >= 4 is 6.34 Å². The maximum Gasteiger partial charge on any atom is 0.0872 e. The van der Waals surface area contributed by atoms with E-state index in [1.54, 1.807) is 6.34 Å². The first kappa shape index (κ1) is 6.40. The minimum Gasteiger partial charge on any atom is -0.346 e. The van der Waals surface area contributed by atoms with E-state index >= 15 is 0 Å². The molecule has 0 aromatic carbocycles. The topological polar surface area (TPSA) is 24.4 Å². The van der Waals surface area contributed by atoms with Gasteiger partial charge in [-0.25, -0.2) is 0 Å². The van der Waals surface area contributed by atoms with Gasteiger partial charge in [0.1, 0.15) is 0 Å². The van der Waals surface area contributed by atoms with Gasteiger partial charge in [-0.05, 0) is 18.1 Å². The quantitative estimate of drug-likeness (QED) is 0.548. The summed E-state index contributed by atoms with van der Waals surface area (Å²) >= 11 is 0. The van der Waals surface area contributed by atoms with E-state index < -0.39 is 0 Å². The molecular formula is C9H10N2. The first-order valence-corrected chi connectivity index (χ1v) is 3.78. The number of hydrogen-bond acceptors (Lipinski definition) is 2. The van der Waals surface area contributed by atoms with E-state index in [-0.39, 0.29) is 0 Å². The van der Waals surface area contributed by atoms with Crippen LogP contribution in [0.4, 0.5) is 0 Å². The van der Waals surface area contributed by atoms with E-state index in [0.717, 1.165) is 13.0 Å². The second-order valence-electron chi connectivity index (χ2n) is 2.59. The minimum atomic E-state index is 0.809. The van der Waals surface area contributed by atoms with Crippen LogP contribution in [0.5, 0.6) is 0 Å². The van der Waals surface area contributed by atoms with E-state index in [0.29, 0.717) is 0 Å². The smallest absolute Gasteiger partial charge is 0.0872 e. The molecule has 0 atom stereocenters. The third-order valence-corrected chi connectivity index (χ3v) is 1.79. The van der Waals surface area contributed by atoms with Gasteiger partial charge in [0, 0.05) is 5.70 Å². The molecule has 0 radical (unpaired) electrons. The Kier molecular flexibility index (Phi) is 1.60. The molecule has 0 saturated carbocycles.